The summed E-state index contributed by atoms with van der Waals surface area (Å²) in [5.41, 5.74) is 0. The number of rotatable bonds is 8. The van der Waals surface area contributed by atoms with Crippen LogP contribution in [0.5, 0.6) is 0 Å². The molecule has 0 aromatic heterocycles. The van der Waals surface area contributed by atoms with Gasteiger partial charge >= 0.3 is 0 Å². The first-order valence-electron chi connectivity index (χ1n) is 5.52. The molecule has 0 bridgehead atoms. The van der Waals surface area contributed by atoms with Crippen LogP contribution in [0.1, 0.15) is 58.3 Å². The maximum atomic E-state index is 8.51. The number of unbranched alkanes of at least 4 members (excludes halogenated alkanes) is 7. The Bertz CT molecular complexity index is 63.5. The van der Waals surface area contributed by atoms with Gasteiger partial charge in [-0.05, 0) is 6.42 Å². The minimum Gasteiger partial charge on any atom is -0.396 e. The van der Waals surface area contributed by atoms with Crippen molar-refractivity contribution in [2.45, 2.75) is 58.3 Å². The normalized spacial score (nSPS) is 9.08. The van der Waals surface area contributed by atoms with Crippen molar-refractivity contribution in [3.8, 4) is 0 Å². The molecule has 0 aliphatic rings. The number of aliphatic hydroxyl groups is 1. The van der Waals surface area contributed by atoms with Crippen LogP contribution in [0.3, 0.4) is 0 Å². The van der Waals surface area contributed by atoms with Gasteiger partial charge in [0.15, 0.2) is 0 Å². The average Bonchev–Trinajstić information content (AvgIpc) is 2.20. The summed E-state index contributed by atoms with van der Waals surface area (Å²) in [4.78, 5) is 0. The topological polar surface area (TPSA) is 20.2 Å². The standard InChI is InChI=1S/C10H22O.C2H4/c1-2-3-4-5-6-7-8-9-10-11;1-2/h11H,2-10H2,1H3;1-2H2. The fraction of sp³-hybridized carbons (Fsp3) is 0.833. The summed E-state index contributed by atoms with van der Waals surface area (Å²) in [5.74, 6) is 0. The van der Waals surface area contributed by atoms with Crippen LogP contribution in [0.25, 0.3) is 0 Å². The van der Waals surface area contributed by atoms with Crippen molar-refractivity contribution in [3.05, 3.63) is 13.2 Å². The Hall–Kier alpha value is -0.300. The summed E-state index contributed by atoms with van der Waals surface area (Å²) in [6, 6.07) is 0. The van der Waals surface area contributed by atoms with Crippen LogP contribution in [0.15, 0.2) is 13.2 Å². The molecule has 0 aromatic carbocycles. The summed E-state index contributed by atoms with van der Waals surface area (Å²) in [7, 11) is 0. The van der Waals surface area contributed by atoms with Crippen LogP contribution < -0.4 is 0 Å². The Labute approximate surface area is 83.9 Å². The van der Waals surface area contributed by atoms with Crippen LogP contribution in [0.2, 0.25) is 0 Å². The van der Waals surface area contributed by atoms with E-state index in [4.69, 9.17) is 5.11 Å². The van der Waals surface area contributed by atoms with E-state index in [0.717, 1.165) is 6.42 Å². The summed E-state index contributed by atoms with van der Waals surface area (Å²) >= 11 is 0. The first-order chi connectivity index (χ1) is 6.41. The second kappa shape index (κ2) is 17.7. The second-order valence-electron chi connectivity index (χ2n) is 3.20. The Balaban J connectivity index is 0. The number of hydrogen-bond donors (Lipinski definition) is 1. The van der Waals surface area contributed by atoms with E-state index in [1.807, 2.05) is 0 Å². The van der Waals surface area contributed by atoms with Crippen LogP contribution in [-0.4, -0.2) is 11.7 Å². The third-order valence-electron chi connectivity index (χ3n) is 2.01. The molecule has 0 aliphatic carbocycles. The number of aliphatic hydroxyl groups excluding tert-OH is 1. The monoisotopic (exact) mass is 186 g/mol. The summed E-state index contributed by atoms with van der Waals surface area (Å²) in [5, 5.41) is 8.51. The predicted octanol–water partition coefficient (Wildman–Crippen LogP) is 3.92. The Morgan fingerprint density at radius 3 is 1.54 bits per heavy atom. The van der Waals surface area contributed by atoms with Gasteiger partial charge < -0.3 is 5.11 Å². The molecular weight excluding hydrogens is 160 g/mol. The molecule has 0 atom stereocenters. The Kier molecular flexibility index (Phi) is 20.7. The van der Waals surface area contributed by atoms with Gasteiger partial charge in [0, 0.05) is 6.61 Å². The van der Waals surface area contributed by atoms with Gasteiger partial charge in [-0.2, -0.15) is 0 Å². The van der Waals surface area contributed by atoms with E-state index in [1.54, 1.807) is 0 Å². The van der Waals surface area contributed by atoms with Crippen molar-refractivity contribution >= 4 is 0 Å². The second-order valence-corrected chi connectivity index (χ2v) is 3.20. The van der Waals surface area contributed by atoms with E-state index in [-0.39, 0.29) is 0 Å². The molecule has 13 heavy (non-hydrogen) atoms. The van der Waals surface area contributed by atoms with Gasteiger partial charge in [0.25, 0.3) is 0 Å². The molecule has 0 radical (unpaired) electrons. The van der Waals surface area contributed by atoms with Crippen molar-refractivity contribution < 1.29 is 5.11 Å². The summed E-state index contributed by atoms with van der Waals surface area (Å²) < 4.78 is 0. The molecule has 0 aromatic rings. The van der Waals surface area contributed by atoms with Gasteiger partial charge in [-0.25, -0.2) is 0 Å². The lowest BCUT2D eigenvalue weighted by Gasteiger charge is -1.98. The van der Waals surface area contributed by atoms with Crippen LogP contribution in [-0.2, 0) is 0 Å². The molecular formula is C12H26O. The third-order valence-corrected chi connectivity index (χ3v) is 2.01. The Morgan fingerprint density at radius 2 is 1.15 bits per heavy atom. The lowest BCUT2D eigenvalue weighted by Crippen LogP contribution is -1.83. The quantitative estimate of drug-likeness (QED) is 0.450. The van der Waals surface area contributed by atoms with Crippen LogP contribution >= 0.6 is 0 Å². The first-order valence-corrected chi connectivity index (χ1v) is 5.52. The highest BCUT2D eigenvalue weighted by Gasteiger charge is 1.89. The summed E-state index contributed by atoms with van der Waals surface area (Å²) in [6.07, 6.45) is 10.4. The molecule has 1 heteroatoms. The summed E-state index contributed by atoms with van der Waals surface area (Å²) in [6.45, 7) is 8.61. The Morgan fingerprint density at radius 1 is 0.769 bits per heavy atom. The van der Waals surface area contributed by atoms with Crippen molar-refractivity contribution in [2.75, 3.05) is 6.61 Å². The minimum atomic E-state index is 0.370. The van der Waals surface area contributed by atoms with Crippen LogP contribution in [0.4, 0.5) is 0 Å². The van der Waals surface area contributed by atoms with Crippen LogP contribution in [0, 0.1) is 0 Å². The van der Waals surface area contributed by atoms with Crippen molar-refractivity contribution in [1.29, 1.82) is 0 Å². The molecule has 0 heterocycles. The van der Waals surface area contributed by atoms with E-state index in [1.165, 1.54) is 44.9 Å². The predicted molar refractivity (Wildman–Crippen MR) is 60.9 cm³/mol. The molecule has 0 aliphatic heterocycles. The van der Waals surface area contributed by atoms with Gasteiger partial charge in [0.1, 0.15) is 0 Å². The zero-order chi connectivity index (χ0) is 10.4. The van der Waals surface area contributed by atoms with Crippen molar-refractivity contribution in [2.24, 2.45) is 0 Å². The fourth-order valence-corrected chi connectivity index (χ4v) is 1.25. The average molecular weight is 186 g/mol. The highest BCUT2D eigenvalue weighted by atomic mass is 16.2. The molecule has 1 N–H and O–H groups in total. The van der Waals surface area contributed by atoms with Crippen molar-refractivity contribution in [3.63, 3.8) is 0 Å². The zero-order valence-electron chi connectivity index (χ0n) is 9.23. The molecule has 1 nitrogen and oxygen atoms in total. The SMILES string of the molecule is C=C.CCCCCCCCCCO. The zero-order valence-corrected chi connectivity index (χ0v) is 9.23. The van der Waals surface area contributed by atoms with E-state index in [9.17, 15) is 0 Å². The van der Waals surface area contributed by atoms with E-state index >= 15 is 0 Å². The largest absolute Gasteiger partial charge is 0.396 e. The molecule has 0 rings (SSSR count). The maximum Gasteiger partial charge on any atom is 0.0431 e. The van der Waals surface area contributed by atoms with Gasteiger partial charge in [0.05, 0.1) is 0 Å². The third kappa shape index (κ3) is 18.6. The van der Waals surface area contributed by atoms with Gasteiger partial charge in [-0.3, -0.25) is 0 Å². The van der Waals surface area contributed by atoms with E-state index in [2.05, 4.69) is 20.1 Å². The highest BCUT2D eigenvalue weighted by molar-refractivity contribution is 4.44. The maximum absolute atomic E-state index is 8.51. The van der Waals surface area contributed by atoms with Gasteiger partial charge in [0.2, 0.25) is 0 Å². The van der Waals surface area contributed by atoms with Crippen molar-refractivity contribution in [1.82, 2.24) is 0 Å². The van der Waals surface area contributed by atoms with E-state index in [0.29, 0.717) is 6.61 Å². The van der Waals surface area contributed by atoms with Gasteiger partial charge in [-0.15, -0.1) is 13.2 Å². The molecule has 80 valence electrons. The molecule has 0 amide bonds. The lowest BCUT2D eigenvalue weighted by molar-refractivity contribution is 0.282. The first kappa shape index (κ1) is 15.2. The molecule has 0 saturated carbocycles. The fourth-order valence-electron chi connectivity index (χ4n) is 1.25. The lowest BCUT2D eigenvalue weighted by atomic mass is 10.1. The highest BCUT2D eigenvalue weighted by Crippen LogP contribution is 2.07. The smallest absolute Gasteiger partial charge is 0.0431 e. The molecule has 0 unspecified atom stereocenters. The molecule has 0 fully saturated rings. The number of hydrogen-bond acceptors (Lipinski definition) is 1. The minimum absolute atomic E-state index is 0.370. The van der Waals surface area contributed by atoms with Gasteiger partial charge in [-0.1, -0.05) is 51.9 Å². The molecule has 0 spiro atoms. The molecule has 0 saturated heterocycles. The van der Waals surface area contributed by atoms with E-state index < -0.39 is 0 Å².